The Hall–Kier alpha value is -1.06. The second-order valence-electron chi connectivity index (χ2n) is 4.45. The number of aliphatic hydroxyl groups is 1. The fourth-order valence-corrected chi connectivity index (χ4v) is 1.76. The summed E-state index contributed by atoms with van der Waals surface area (Å²) in [7, 11) is 0. The predicted molar refractivity (Wildman–Crippen MR) is 64.0 cm³/mol. The lowest BCUT2D eigenvalue weighted by Crippen LogP contribution is -2.10. The highest BCUT2D eigenvalue weighted by atomic mass is 16.5. The molecule has 3 nitrogen and oxygen atoms in total. The van der Waals surface area contributed by atoms with E-state index in [1.165, 1.54) is 12.8 Å². The number of nitrogen functional groups attached to an aromatic ring is 1. The molecule has 2 rings (SSSR count). The zero-order valence-electron chi connectivity index (χ0n) is 9.43. The van der Waals surface area contributed by atoms with Gasteiger partial charge in [0.05, 0.1) is 6.61 Å². The molecule has 0 bridgehead atoms. The largest absolute Gasteiger partial charge is 0.398 e. The number of nitrogens with two attached hydrogens (primary N) is 1. The van der Waals surface area contributed by atoms with Crippen LogP contribution in [0.1, 0.15) is 30.9 Å². The van der Waals surface area contributed by atoms with E-state index in [1.54, 1.807) is 6.07 Å². The fraction of sp³-hybridized carbons (Fsp3) is 0.538. The topological polar surface area (TPSA) is 55.5 Å². The van der Waals surface area contributed by atoms with Gasteiger partial charge in [0.1, 0.15) is 6.10 Å². The molecule has 0 amide bonds. The van der Waals surface area contributed by atoms with Crippen LogP contribution in [0.4, 0.5) is 5.69 Å². The minimum absolute atomic E-state index is 0.334. The molecule has 1 aliphatic rings. The van der Waals surface area contributed by atoms with Gasteiger partial charge in [-0.1, -0.05) is 31.0 Å². The first-order chi connectivity index (χ1) is 7.77. The number of benzene rings is 1. The average Bonchev–Trinajstić information content (AvgIpc) is 3.08. The molecular weight excluding hydrogens is 202 g/mol. The normalized spacial score (nSPS) is 17.3. The maximum absolute atomic E-state index is 9.88. The zero-order valence-corrected chi connectivity index (χ0v) is 9.43. The van der Waals surface area contributed by atoms with Gasteiger partial charge in [-0.05, 0) is 18.4 Å². The first-order valence-corrected chi connectivity index (χ1v) is 5.87. The van der Waals surface area contributed by atoms with Crippen LogP contribution in [-0.2, 0) is 4.74 Å². The van der Waals surface area contributed by atoms with Gasteiger partial charge in [-0.15, -0.1) is 0 Å². The van der Waals surface area contributed by atoms with Crippen LogP contribution in [-0.4, -0.2) is 18.3 Å². The highest BCUT2D eigenvalue weighted by Gasteiger charge is 2.20. The number of hydrogen-bond acceptors (Lipinski definition) is 3. The van der Waals surface area contributed by atoms with Crippen molar-refractivity contribution >= 4 is 5.69 Å². The Balaban J connectivity index is 1.73. The second kappa shape index (κ2) is 5.32. The SMILES string of the molecule is Nc1ccccc1C(O)COCCC1CC1. The van der Waals surface area contributed by atoms with Crippen molar-refractivity contribution in [3.63, 3.8) is 0 Å². The Kier molecular flexibility index (Phi) is 3.80. The summed E-state index contributed by atoms with van der Waals surface area (Å²) in [5, 5.41) is 9.88. The van der Waals surface area contributed by atoms with Gasteiger partial charge in [0.2, 0.25) is 0 Å². The lowest BCUT2D eigenvalue weighted by Gasteiger charge is -2.13. The molecule has 1 aromatic carbocycles. The van der Waals surface area contributed by atoms with E-state index in [4.69, 9.17) is 10.5 Å². The number of ether oxygens (including phenoxy) is 1. The summed E-state index contributed by atoms with van der Waals surface area (Å²) in [4.78, 5) is 0. The molecule has 3 N–H and O–H groups in total. The van der Waals surface area contributed by atoms with Crippen molar-refractivity contribution in [2.45, 2.75) is 25.4 Å². The van der Waals surface area contributed by atoms with Crippen LogP contribution >= 0.6 is 0 Å². The highest BCUT2D eigenvalue weighted by Crippen LogP contribution is 2.32. The molecule has 0 aliphatic heterocycles. The minimum atomic E-state index is -0.611. The molecule has 0 aromatic heterocycles. The van der Waals surface area contributed by atoms with Gasteiger partial charge >= 0.3 is 0 Å². The van der Waals surface area contributed by atoms with Crippen molar-refractivity contribution in [3.05, 3.63) is 29.8 Å². The van der Waals surface area contributed by atoms with Crippen LogP contribution in [0, 0.1) is 5.92 Å². The molecular formula is C13H19NO2. The van der Waals surface area contributed by atoms with Gasteiger partial charge < -0.3 is 15.6 Å². The Labute approximate surface area is 96.2 Å². The smallest absolute Gasteiger partial charge is 0.104 e. The first kappa shape index (κ1) is 11.4. The molecule has 1 atom stereocenters. The molecule has 3 heteroatoms. The average molecular weight is 221 g/mol. The lowest BCUT2D eigenvalue weighted by atomic mass is 10.1. The van der Waals surface area contributed by atoms with Crippen LogP contribution in [0.5, 0.6) is 0 Å². The third-order valence-corrected chi connectivity index (χ3v) is 3.00. The van der Waals surface area contributed by atoms with Gasteiger partial charge in [0.25, 0.3) is 0 Å². The number of rotatable bonds is 6. The number of hydrogen-bond donors (Lipinski definition) is 2. The molecule has 88 valence electrons. The van der Waals surface area contributed by atoms with Gasteiger partial charge in [-0.3, -0.25) is 0 Å². The molecule has 0 heterocycles. The Morgan fingerprint density at radius 1 is 1.38 bits per heavy atom. The zero-order chi connectivity index (χ0) is 11.4. The monoisotopic (exact) mass is 221 g/mol. The summed E-state index contributed by atoms with van der Waals surface area (Å²) in [6.07, 6.45) is 3.20. The van der Waals surface area contributed by atoms with Crippen molar-refractivity contribution in [2.75, 3.05) is 18.9 Å². The standard InChI is InChI=1S/C13H19NO2/c14-12-4-2-1-3-11(12)13(15)9-16-8-7-10-5-6-10/h1-4,10,13,15H,5-9,14H2. The Bertz CT molecular complexity index is 336. The maximum atomic E-state index is 9.88. The minimum Gasteiger partial charge on any atom is -0.398 e. The molecule has 1 aliphatic carbocycles. The van der Waals surface area contributed by atoms with E-state index in [1.807, 2.05) is 18.2 Å². The van der Waals surface area contributed by atoms with Crippen LogP contribution in [0.2, 0.25) is 0 Å². The molecule has 0 radical (unpaired) electrons. The van der Waals surface area contributed by atoms with Crippen LogP contribution in [0.25, 0.3) is 0 Å². The Morgan fingerprint density at radius 3 is 2.81 bits per heavy atom. The van der Waals surface area contributed by atoms with Crippen molar-refractivity contribution in [1.29, 1.82) is 0 Å². The molecule has 0 saturated heterocycles. The summed E-state index contributed by atoms with van der Waals surface area (Å²) in [5.74, 6) is 0.874. The second-order valence-corrected chi connectivity index (χ2v) is 4.45. The van der Waals surface area contributed by atoms with Crippen LogP contribution in [0.3, 0.4) is 0 Å². The number of aliphatic hydroxyl groups excluding tert-OH is 1. The van der Waals surface area contributed by atoms with E-state index in [9.17, 15) is 5.11 Å². The van der Waals surface area contributed by atoms with E-state index in [0.717, 1.165) is 24.5 Å². The quantitative estimate of drug-likeness (QED) is 0.571. The molecule has 16 heavy (non-hydrogen) atoms. The number of anilines is 1. The van der Waals surface area contributed by atoms with Gasteiger partial charge in [-0.2, -0.15) is 0 Å². The molecule has 1 fully saturated rings. The predicted octanol–water partition coefficient (Wildman–Crippen LogP) is 2.12. The molecule has 1 saturated carbocycles. The summed E-state index contributed by atoms with van der Waals surface area (Å²) < 4.78 is 5.45. The summed E-state index contributed by atoms with van der Waals surface area (Å²) in [5.41, 5.74) is 7.15. The van der Waals surface area contributed by atoms with Gasteiger partial charge in [0.15, 0.2) is 0 Å². The lowest BCUT2D eigenvalue weighted by molar-refractivity contribution is 0.0340. The first-order valence-electron chi connectivity index (χ1n) is 5.87. The number of para-hydroxylation sites is 1. The summed E-state index contributed by atoms with van der Waals surface area (Å²) in [6, 6.07) is 7.37. The Morgan fingerprint density at radius 2 is 2.12 bits per heavy atom. The van der Waals surface area contributed by atoms with Crippen molar-refractivity contribution in [2.24, 2.45) is 5.92 Å². The van der Waals surface area contributed by atoms with E-state index in [-0.39, 0.29) is 0 Å². The van der Waals surface area contributed by atoms with Crippen molar-refractivity contribution in [3.8, 4) is 0 Å². The van der Waals surface area contributed by atoms with Crippen LogP contribution in [0.15, 0.2) is 24.3 Å². The molecule has 0 spiro atoms. The molecule has 1 aromatic rings. The van der Waals surface area contributed by atoms with Crippen LogP contribution < -0.4 is 5.73 Å². The van der Waals surface area contributed by atoms with Crippen molar-refractivity contribution < 1.29 is 9.84 Å². The van der Waals surface area contributed by atoms with E-state index >= 15 is 0 Å². The fourth-order valence-electron chi connectivity index (χ4n) is 1.76. The maximum Gasteiger partial charge on any atom is 0.104 e. The third kappa shape index (κ3) is 3.22. The van der Waals surface area contributed by atoms with Gasteiger partial charge in [-0.25, -0.2) is 0 Å². The summed E-state index contributed by atoms with van der Waals surface area (Å²) in [6.45, 7) is 1.08. The van der Waals surface area contributed by atoms with Crippen molar-refractivity contribution in [1.82, 2.24) is 0 Å². The highest BCUT2D eigenvalue weighted by molar-refractivity contribution is 5.47. The summed E-state index contributed by atoms with van der Waals surface area (Å²) >= 11 is 0. The van der Waals surface area contributed by atoms with E-state index in [2.05, 4.69) is 0 Å². The van der Waals surface area contributed by atoms with E-state index in [0.29, 0.717) is 12.3 Å². The molecule has 1 unspecified atom stereocenters. The van der Waals surface area contributed by atoms with Gasteiger partial charge in [0, 0.05) is 17.9 Å². The van der Waals surface area contributed by atoms with E-state index < -0.39 is 6.10 Å². The third-order valence-electron chi connectivity index (χ3n) is 3.00.